The normalized spacial score (nSPS) is 28.2. The Labute approximate surface area is 153 Å². The molecule has 2 aliphatic heterocycles. The fourth-order valence-electron chi connectivity index (χ4n) is 3.24. The third-order valence-corrected chi connectivity index (χ3v) is 6.76. The van der Waals surface area contributed by atoms with Crippen molar-refractivity contribution in [3.63, 3.8) is 0 Å². The molecule has 0 aliphatic carbocycles. The second kappa shape index (κ2) is 6.87. The van der Waals surface area contributed by atoms with Crippen LogP contribution in [0.3, 0.4) is 0 Å². The molecule has 26 heavy (non-hydrogen) atoms. The van der Waals surface area contributed by atoms with Gasteiger partial charge in [0, 0.05) is 5.56 Å². The Kier molecular flexibility index (Phi) is 4.56. The minimum absolute atomic E-state index is 0.272. The number of benzene rings is 2. The molecule has 6 heteroatoms. The third-order valence-electron chi connectivity index (χ3n) is 4.68. The molecule has 0 saturated carbocycles. The van der Waals surface area contributed by atoms with E-state index in [1.807, 2.05) is 37.3 Å². The molecule has 1 saturated heterocycles. The lowest BCUT2D eigenvalue weighted by atomic mass is 10.1. The average Bonchev–Trinajstić information content (AvgIpc) is 2.68. The van der Waals surface area contributed by atoms with Gasteiger partial charge in [-0.15, -0.1) is 0 Å². The van der Waals surface area contributed by atoms with Crippen molar-refractivity contribution in [1.82, 2.24) is 0 Å². The minimum Gasteiger partial charge on any atom is -0.493 e. The molecular formula is C20H20O5S. The van der Waals surface area contributed by atoms with Crippen molar-refractivity contribution in [2.45, 2.75) is 35.6 Å². The second-order valence-corrected chi connectivity index (χ2v) is 8.61. The van der Waals surface area contributed by atoms with E-state index in [9.17, 15) is 8.42 Å². The van der Waals surface area contributed by atoms with Crippen molar-refractivity contribution < 1.29 is 22.6 Å². The predicted molar refractivity (Wildman–Crippen MR) is 96.2 cm³/mol. The van der Waals surface area contributed by atoms with Crippen LogP contribution in [-0.2, 0) is 24.0 Å². The largest absolute Gasteiger partial charge is 0.493 e. The van der Waals surface area contributed by atoms with Gasteiger partial charge in [0.05, 0.1) is 17.8 Å². The molecule has 2 aliphatic rings. The number of hydrogen-bond donors (Lipinski definition) is 0. The quantitative estimate of drug-likeness (QED) is 0.828. The van der Waals surface area contributed by atoms with E-state index < -0.39 is 33.6 Å². The molecule has 0 amide bonds. The van der Waals surface area contributed by atoms with Gasteiger partial charge in [-0.1, -0.05) is 48.0 Å². The van der Waals surface area contributed by atoms with Crippen molar-refractivity contribution >= 4 is 9.84 Å². The molecule has 2 aromatic rings. The maximum atomic E-state index is 13.2. The van der Waals surface area contributed by atoms with Crippen LogP contribution in [0.2, 0.25) is 0 Å². The third kappa shape index (κ3) is 3.16. The van der Waals surface area contributed by atoms with Crippen LogP contribution in [0.1, 0.15) is 17.4 Å². The summed E-state index contributed by atoms with van der Waals surface area (Å²) in [6.07, 6.45) is 1.30. The van der Waals surface area contributed by atoms with Crippen molar-refractivity contribution in [3.8, 4) is 0 Å². The highest BCUT2D eigenvalue weighted by Crippen LogP contribution is 2.35. The first kappa shape index (κ1) is 17.3. The summed E-state index contributed by atoms with van der Waals surface area (Å²) in [5.74, 6) is 0. The summed E-state index contributed by atoms with van der Waals surface area (Å²) in [6.45, 7) is 2.20. The molecule has 0 aromatic heterocycles. The van der Waals surface area contributed by atoms with Gasteiger partial charge >= 0.3 is 0 Å². The van der Waals surface area contributed by atoms with Crippen molar-refractivity contribution in [1.29, 1.82) is 0 Å². The fourth-order valence-corrected chi connectivity index (χ4v) is 4.93. The highest BCUT2D eigenvalue weighted by molar-refractivity contribution is 7.92. The number of fused-ring (bicyclic) bond motifs is 1. The van der Waals surface area contributed by atoms with Gasteiger partial charge in [0.25, 0.3) is 0 Å². The lowest BCUT2D eigenvalue weighted by molar-refractivity contribution is -0.258. The van der Waals surface area contributed by atoms with E-state index in [0.29, 0.717) is 0 Å². The summed E-state index contributed by atoms with van der Waals surface area (Å²) in [5.41, 5.74) is 1.86. The minimum atomic E-state index is -3.60. The number of ether oxygens (including phenoxy) is 3. The highest BCUT2D eigenvalue weighted by atomic mass is 32.2. The van der Waals surface area contributed by atoms with Crippen LogP contribution in [0.4, 0.5) is 0 Å². The molecule has 4 atom stereocenters. The van der Waals surface area contributed by atoms with Gasteiger partial charge in [-0.25, -0.2) is 8.42 Å². The number of hydrogen-bond acceptors (Lipinski definition) is 5. The zero-order chi connectivity index (χ0) is 18.1. The Morgan fingerprint density at radius 1 is 1.00 bits per heavy atom. The number of sulfone groups is 1. The number of rotatable bonds is 3. The Morgan fingerprint density at radius 2 is 1.73 bits per heavy atom. The maximum Gasteiger partial charge on any atom is 0.187 e. The summed E-state index contributed by atoms with van der Waals surface area (Å²) >= 11 is 0. The van der Waals surface area contributed by atoms with E-state index in [1.165, 1.54) is 6.26 Å². The molecule has 0 unspecified atom stereocenters. The van der Waals surface area contributed by atoms with E-state index in [0.717, 1.165) is 11.1 Å². The molecule has 2 heterocycles. The monoisotopic (exact) mass is 372 g/mol. The number of aryl methyl sites for hydroxylation is 1. The Bertz CT molecular complexity index is 890. The van der Waals surface area contributed by atoms with Crippen LogP contribution in [0.25, 0.3) is 0 Å². The zero-order valence-electron chi connectivity index (χ0n) is 14.3. The molecule has 0 spiro atoms. The van der Waals surface area contributed by atoms with E-state index in [2.05, 4.69) is 0 Å². The molecule has 2 aromatic carbocycles. The van der Waals surface area contributed by atoms with Crippen LogP contribution in [-0.4, -0.2) is 32.5 Å². The summed E-state index contributed by atoms with van der Waals surface area (Å²) in [5, 5.41) is -0.820. The van der Waals surface area contributed by atoms with Gasteiger partial charge in [0.2, 0.25) is 0 Å². The van der Waals surface area contributed by atoms with E-state index >= 15 is 0 Å². The average molecular weight is 372 g/mol. The first-order valence-electron chi connectivity index (χ1n) is 8.50. The Balaban J connectivity index is 1.64. The molecule has 0 bridgehead atoms. The van der Waals surface area contributed by atoms with E-state index in [4.69, 9.17) is 14.2 Å². The highest BCUT2D eigenvalue weighted by Gasteiger charge is 2.45. The van der Waals surface area contributed by atoms with Gasteiger partial charge in [-0.3, -0.25) is 0 Å². The van der Waals surface area contributed by atoms with Crippen molar-refractivity contribution in [3.05, 3.63) is 78.1 Å². The van der Waals surface area contributed by atoms with E-state index in [-0.39, 0.29) is 11.5 Å². The SMILES string of the molecule is Cc1ccc(S(=O)(=O)[C@@H]2C=CO[C@@H]3CO[C@@H](c4ccccc4)O[C@@H]23)cc1. The summed E-state index contributed by atoms with van der Waals surface area (Å²) < 4.78 is 43.7. The summed E-state index contributed by atoms with van der Waals surface area (Å²) in [6, 6.07) is 16.4. The zero-order valence-corrected chi connectivity index (χ0v) is 15.1. The second-order valence-electron chi connectivity index (χ2n) is 6.50. The lowest BCUT2D eigenvalue weighted by Gasteiger charge is -2.40. The summed E-state index contributed by atoms with van der Waals surface area (Å²) in [7, 11) is -3.60. The topological polar surface area (TPSA) is 61.8 Å². The van der Waals surface area contributed by atoms with Crippen LogP contribution >= 0.6 is 0 Å². The summed E-state index contributed by atoms with van der Waals surface area (Å²) in [4.78, 5) is 0.282. The molecule has 4 rings (SSSR count). The van der Waals surface area contributed by atoms with Gasteiger partial charge in [-0.05, 0) is 25.1 Å². The first-order chi connectivity index (χ1) is 12.6. The molecule has 0 N–H and O–H groups in total. The fraction of sp³-hybridized carbons (Fsp3) is 0.300. The van der Waals surface area contributed by atoms with Crippen LogP contribution < -0.4 is 0 Å². The molecule has 136 valence electrons. The smallest absolute Gasteiger partial charge is 0.187 e. The molecular weight excluding hydrogens is 352 g/mol. The Morgan fingerprint density at radius 3 is 2.46 bits per heavy atom. The van der Waals surface area contributed by atoms with Crippen LogP contribution in [0.15, 0.2) is 71.8 Å². The molecule has 0 radical (unpaired) electrons. The van der Waals surface area contributed by atoms with Gasteiger partial charge < -0.3 is 14.2 Å². The van der Waals surface area contributed by atoms with Gasteiger partial charge in [0.15, 0.2) is 16.1 Å². The standard InChI is InChI=1S/C20H20O5S/c1-14-7-9-16(10-8-14)26(21,22)18-11-12-23-17-13-24-20(25-19(17)18)15-5-3-2-4-6-15/h2-12,17-20H,13H2,1H3/t17-,18-,19-,20-/m1/s1. The first-order valence-corrected chi connectivity index (χ1v) is 10.0. The van der Waals surface area contributed by atoms with Crippen molar-refractivity contribution in [2.24, 2.45) is 0 Å². The van der Waals surface area contributed by atoms with Crippen LogP contribution in [0.5, 0.6) is 0 Å². The molecule has 1 fully saturated rings. The molecule has 5 nitrogen and oxygen atoms in total. The maximum absolute atomic E-state index is 13.2. The lowest BCUT2D eigenvalue weighted by Crippen LogP contribution is -2.51. The van der Waals surface area contributed by atoms with E-state index in [1.54, 1.807) is 30.3 Å². The predicted octanol–water partition coefficient (Wildman–Crippen LogP) is 3.16. The van der Waals surface area contributed by atoms with Crippen LogP contribution in [0, 0.1) is 6.92 Å². The van der Waals surface area contributed by atoms with Crippen molar-refractivity contribution in [2.75, 3.05) is 6.61 Å². The van der Waals surface area contributed by atoms with Gasteiger partial charge in [0.1, 0.15) is 17.5 Å². The Hall–Kier alpha value is -2.15. The van der Waals surface area contributed by atoms with Gasteiger partial charge in [-0.2, -0.15) is 0 Å².